The maximum atomic E-state index is 5.71. The average Bonchev–Trinajstić information content (AvgIpc) is 2.46. The Morgan fingerprint density at radius 1 is 0.895 bits per heavy atom. The van der Waals surface area contributed by atoms with Gasteiger partial charge in [-0.3, -0.25) is 0 Å². The van der Waals surface area contributed by atoms with Gasteiger partial charge < -0.3 is 4.74 Å². The van der Waals surface area contributed by atoms with Gasteiger partial charge in [-0.2, -0.15) is 0 Å². The summed E-state index contributed by atoms with van der Waals surface area (Å²) in [6, 6.07) is 19.9. The minimum atomic E-state index is 0.479. The molecule has 0 fully saturated rings. The highest BCUT2D eigenvalue weighted by atomic mass is 79.9. The molecule has 0 aliphatic heterocycles. The van der Waals surface area contributed by atoms with Crippen molar-refractivity contribution in [3.8, 4) is 5.75 Å². The zero-order valence-electron chi connectivity index (χ0n) is 10.2. The molecule has 0 aliphatic rings. The third kappa shape index (κ3) is 2.93. The number of nitrogens with zero attached hydrogens (tertiary/aromatic N) is 1. The number of aromatic nitrogens is 1. The van der Waals surface area contributed by atoms with E-state index < -0.39 is 0 Å². The Morgan fingerprint density at radius 2 is 1.68 bits per heavy atom. The first-order valence-electron chi connectivity index (χ1n) is 6.04. The molecule has 2 aromatic carbocycles. The van der Waals surface area contributed by atoms with Gasteiger partial charge in [-0.1, -0.05) is 40.2 Å². The molecule has 3 aromatic rings. The van der Waals surface area contributed by atoms with Gasteiger partial charge in [0.1, 0.15) is 12.4 Å². The fourth-order valence-corrected chi connectivity index (χ4v) is 2.14. The van der Waals surface area contributed by atoms with Crippen molar-refractivity contribution in [1.82, 2.24) is 4.98 Å². The summed E-state index contributed by atoms with van der Waals surface area (Å²) in [4.78, 5) is 4.57. The number of rotatable bonds is 3. The van der Waals surface area contributed by atoms with Crippen LogP contribution in [0.2, 0.25) is 0 Å². The van der Waals surface area contributed by atoms with Gasteiger partial charge in [0.15, 0.2) is 0 Å². The lowest BCUT2D eigenvalue weighted by molar-refractivity contribution is 0.302. The van der Waals surface area contributed by atoms with Crippen LogP contribution >= 0.6 is 15.9 Å². The first kappa shape index (κ1) is 12.2. The molecule has 0 bridgehead atoms. The van der Waals surface area contributed by atoms with Crippen LogP contribution in [0.5, 0.6) is 5.75 Å². The molecule has 0 unspecified atom stereocenters. The van der Waals surface area contributed by atoms with Gasteiger partial charge in [-0.15, -0.1) is 0 Å². The Hall–Kier alpha value is -1.87. The lowest BCUT2D eigenvalue weighted by Gasteiger charge is -2.06. The van der Waals surface area contributed by atoms with E-state index in [0.29, 0.717) is 6.61 Å². The molecular formula is C16H12BrNO. The maximum Gasteiger partial charge on any atom is 0.130 e. The van der Waals surface area contributed by atoms with Gasteiger partial charge in [-0.05, 0) is 36.4 Å². The van der Waals surface area contributed by atoms with E-state index in [1.165, 1.54) is 0 Å². The third-order valence-corrected chi connectivity index (χ3v) is 3.39. The van der Waals surface area contributed by atoms with E-state index >= 15 is 0 Å². The smallest absolute Gasteiger partial charge is 0.130 e. The fraction of sp³-hybridized carbons (Fsp3) is 0.0625. The molecule has 94 valence electrons. The largest absolute Gasteiger partial charge is 0.487 e. The normalized spacial score (nSPS) is 10.6. The highest BCUT2D eigenvalue weighted by Gasteiger charge is 1.99. The van der Waals surface area contributed by atoms with E-state index in [0.717, 1.165) is 26.8 Å². The summed E-state index contributed by atoms with van der Waals surface area (Å²) in [6.45, 7) is 0.479. The number of fused-ring (bicyclic) bond motifs is 1. The molecule has 3 heteroatoms. The number of pyridine rings is 1. The first-order valence-corrected chi connectivity index (χ1v) is 6.83. The van der Waals surface area contributed by atoms with Crippen molar-refractivity contribution in [3.63, 3.8) is 0 Å². The van der Waals surface area contributed by atoms with Crippen molar-refractivity contribution < 1.29 is 4.74 Å². The second-order valence-corrected chi connectivity index (χ2v) is 5.15. The number of hydrogen-bond donors (Lipinski definition) is 0. The van der Waals surface area contributed by atoms with Crippen LogP contribution in [-0.4, -0.2) is 4.98 Å². The molecule has 0 amide bonds. The fourth-order valence-electron chi connectivity index (χ4n) is 1.88. The van der Waals surface area contributed by atoms with E-state index in [4.69, 9.17) is 4.74 Å². The molecule has 0 saturated carbocycles. The van der Waals surface area contributed by atoms with E-state index in [9.17, 15) is 0 Å². The van der Waals surface area contributed by atoms with Crippen LogP contribution < -0.4 is 4.74 Å². The van der Waals surface area contributed by atoms with Gasteiger partial charge >= 0.3 is 0 Å². The van der Waals surface area contributed by atoms with Crippen LogP contribution in [0.15, 0.2) is 65.1 Å². The van der Waals surface area contributed by atoms with Gasteiger partial charge in [0.25, 0.3) is 0 Å². The van der Waals surface area contributed by atoms with Gasteiger partial charge in [0, 0.05) is 9.86 Å². The maximum absolute atomic E-state index is 5.71. The van der Waals surface area contributed by atoms with Crippen molar-refractivity contribution in [2.45, 2.75) is 6.61 Å². The van der Waals surface area contributed by atoms with Crippen molar-refractivity contribution in [2.24, 2.45) is 0 Å². The molecule has 0 aliphatic carbocycles. The summed E-state index contributed by atoms with van der Waals surface area (Å²) in [6.07, 6.45) is 0. The van der Waals surface area contributed by atoms with Crippen molar-refractivity contribution in [2.75, 3.05) is 0 Å². The SMILES string of the molecule is Brc1ccc(OCc2ccc3ccccc3n2)cc1. The Kier molecular flexibility index (Phi) is 3.47. The Morgan fingerprint density at radius 3 is 2.53 bits per heavy atom. The highest BCUT2D eigenvalue weighted by Crippen LogP contribution is 2.18. The van der Waals surface area contributed by atoms with Gasteiger partial charge in [-0.25, -0.2) is 4.98 Å². The number of para-hydroxylation sites is 1. The minimum absolute atomic E-state index is 0.479. The Labute approximate surface area is 120 Å². The summed E-state index contributed by atoms with van der Waals surface area (Å²) >= 11 is 3.40. The van der Waals surface area contributed by atoms with E-state index in [2.05, 4.69) is 33.0 Å². The standard InChI is InChI=1S/C16H12BrNO/c17-13-6-9-15(10-7-13)19-11-14-8-5-12-3-1-2-4-16(12)18-14/h1-10H,11H2. The van der Waals surface area contributed by atoms with Crippen LogP contribution in [0.3, 0.4) is 0 Å². The summed E-state index contributed by atoms with van der Waals surface area (Å²) in [7, 11) is 0. The number of halogens is 1. The topological polar surface area (TPSA) is 22.1 Å². The van der Waals surface area contributed by atoms with Crippen molar-refractivity contribution in [3.05, 3.63) is 70.8 Å². The van der Waals surface area contributed by atoms with Crippen LogP contribution in [0.1, 0.15) is 5.69 Å². The van der Waals surface area contributed by atoms with Crippen molar-refractivity contribution in [1.29, 1.82) is 0 Å². The molecule has 2 nitrogen and oxygen atoms in total. The summed E-state index contributed by atoms with van der Waals surface area (Å²) in [5.74, 6) is 0.846. The number of ether oxygens (including phenoxy) is 1. The van der Waals surface area contributed by atoms with Gasteiger partial charge in [0.2, 0.25) is 0 Å². The predicted octanol–water partition coefficient (Wildman–Crippen LogP) is 4.58. The summed E-state index contributed by atoms with van der Waals surface area (Å²) < 4.78 is 6.76. The third-order valence-electron chi connectivity index (χ3n) is 2.86. The number of hydrogen-bond acceptors (Lipinski definition) is 2. The Bertz CT molecular complexity index is 694. The lowest BCUT2D eigenvalue weighted by Crippen LogP contribution is -1.98. The molecular weight excluding hydrogens is 302 g/mol. The average molecular weight is 314 g/mol. The second kappa shape index (κ2) is 5.41. The minimum Gasteiger partial charge on any atom is -0.487 e. The monoisotopic (exact) mass is 313 g/mol. The quantitative estimate of drug-likeness (QED) is 0.706. The molecule has 0 saturated heterocycles. The Balaban J connectivity index is 1.76. The summed E-state index contributed by atoms with van der Waals surface area (Å²) in [5.41, 5.74) is 1.93. The zero-order valence-corrected chi connectivity index (χ0v) is 11.8. The number of benzene rings is 2. The molecule has 0 atom stereocenters. The second-order valence-electron chi connectivity index (χ2n) is 4.24. The van der Waals surface area contributed by atoms with Crippen LogP contribution in [0, 0.1) is 0 Å². The van der Waals surface area contributed by atoms with Crippen molar-refractivity contribution >= 4 is 26.8 Å². The molecule has 1 heterocycles. The summed E-state index contributed by atoms with van der Waals surface area (Å²) in [5, 5.41) is 1.15. The molecule has 0 radical (unpaired) electrons. The van der Waals surface area contributed by atoms with Crippen LogP contribution in [0.25, 0.3) is 10.9 Å². The van der Waals surface area contributed by atoms with Crippen LogP contribution in [0.4, 0.5) is 0 Å². The van der Waals surface area contributed by atoms with E-state index in [1.54, 1.807) is 0 Å². The molecule has 0 N–H and O–H groups in total. The first-order chi connectivity index (χ1) is 9.31. The molecule has 0 spiro atoms. The zero-order chi connectivity index (χ0) is 13.1. The molecule has 3 rings (SSSR count). The van der Waals surface area contributed by atoms with Crippen LogP contribution in [-0.2, 0) is 6.61 Å². The molecule has 1 aromatic heterocycles. The van der Waals surface area contributed by atoms with Gasteiger partial charge in [0.05, 0.1) is 11.2 Å². The molecule has 19 heavy (non-hydrogen) atoms. The lowest BCUT2D eigenvalue weighted by atomic mass is 10.2. The predicted molar refractivity (Wildman–Crippen MR) is 80.2 cm³/mol. The highest BCUT2D eigenvalue weighted by molar-refractivity contribution is 9.10. The van der Waals surface area contributed by atoms with E-state index in [-0.39, 0.29) is 0 Å². The van der Waals surface area contributed by atoms with E-state index in [1.807, 2.05) is 48.5 Å².